The van der Waals surface area contributed by atoms with Gasteiger partial charge in [-0.05, 0) is 12.1 Å². The largest absolute Gasteiger partial charge is 0.507 e. The van der Waals surface area contributed by atoms with E-state index in [1.165, 1.54) is 6.07 Å². The molecule has 0 unspecified atom stereocenters. The number of phenols is 1. The summed E-state index contributed by atoms with van der Waals surface area (Å²) in [5.41, 5.74) is 1.15. The van der Waals surface area contributed by atoms with Gasteiger partial charge in [-0.2, -0.15) is 5.26 Å². The number of allylic oxidation sites excluding steroid dienone is 1. The van der Waals surface area contributed by atoms with Crippen LogP contribution in [0.15, 0.2) is 24.3 Å². The lowest BCUT2D eigenvalue weighted by Crippen LogP contribution is -2.03. The molecular weight excluding hydrogens is 180 g/mol. The van der Waals surface area contributed by atoms with Crippen molar-refractivity contribution in [3.05, 3.63) is 29.8 Å². The van der Waals surface area contributed by atoms with Gasteiger partial charge in [0.05, 0.1) is 22.9 Å². The van der Waals surface area contributed by atoms with Gasteiger partial charge in [0.25, 0.3) is 5.91 Å². The number of amides is 1. The first kappa shape index (κ1) is 8.32. The van der Waals surface area contributed by atoms with Crippen molar-refractivity contribution in [2.24, 2.45) is 0 Å². The molecule has 4 nitrogen and oxygen atoms in total. The maximum Gasteiger partial charge on any atom is 0.257 e. The standard InChI is InChI=1S/C10H6N2O2/c11-5-4-6-9-7(12-10(6)14)2-1-3-8(9)13/h1-4,13H,(H,12,14)/b6-4-. The highest BCUT2D eigenvalue weighted by Gasteiger charge is 2.26. The molecule has 0 fully saturated rings. The van der Waals surface area contributed by atoms with Crippen LogP contribution in [0.25, 0.3) is 5.57 Å². The van der Waals surface area contributed by atoms with Crippen LogP contribution in [0.1, 0.15) is 5.56 Å². The summed E-state index contributed by atoms with van der Waals surface area (Å²) in [5, 5.41) is 20.5. The molecule has 1 aromatic rings. The summed E-state index contributed by atoms with van der Waals surface area (Å²) in [6.45, 7) is 0. The molecular formula is C10H6N2O2. The smallest absolute Gasteiger partial charge is 0.257 e. The van der Waals surface area contributed by atoms with E-state index >= 15 is 0 Å². The van der Waals surface area contributed by atoms with E-state index in [1.54, 1.807) is 18.2 Å². The SMILES string of the molecule is N#C/C=C1\C(=O)Nc2cccc(O)c21. The van der Waals surface area contributed by atoms with E-state index in [9.17, 15) is 9.90 Å². The number of nitriles is 1. The van der Waals surface area contributed by atoms with E-state index in [0.29, 0.717) is 11.3 Å². The molecule has 2 rings (SSSR count). The van der Waals surface area contributed by atoms with E-state index in [1.807, 2.05) is 0 Å². The van der Waals surface area contributed by atoms with Crippen LogP contribution in [0.5, 0.6) is 5.75 Å². The average Bonchev–Trinajstić information content (AvgIpc) is 2.45. The third-order valence-corrected chi connectivity index (χ3v) is 2.01. The second-order valence-electron chi connectivity index (χ2n) is 2.84. The fourth-order valence-electron chi connectivity index (χ4n) is 1.43. The van der Waals surface area contributed by atoms with Gasteiger partial charge >= 0.3 is 0 Å². The third-order valence-electron chi connectivity index (χ3n) is 2.01. The molecule has 68 valence electrons. The quantitative estimate of drug-likeness (QED) is 0.473. The summed E-state index contributed by atoms with van der Waals surface area (Å²) in [6.07, 6.45) is 1.13. The Morgan fingerprint density at radius 3 is 3.00 bits per heavy atom. The summed E-state index contributed by atoms with van der Waals surface area (Å²) < 4.78 is 0. The van der Waals surface area contributed by atoms with Gasteiger partial charge in [0.15, 0.2) is 0 Å². The maximum absolute atomic E-state index is 11.3. The zero-order valence-corrected chi connectivity index (χ0v) is 7.11. The summed E-state index contributed by atoms with van der Waals surface area (Å²) in [4.78, 5) is 11.3. The monoisotopic (exact) mass is 186 g/mol. The van der Waals surface area contributed by atoms with Crippen molar-refractivity contribution in [2.45, 2.75) is 0 Å². The molecule has 4 heteroatoms. The highest BCUT2D eigenvalue weighted by atomic mass is 16.3. The number of carbonyl (C=O) groups excluding carboxylic acids is 1. The minimum atomic E-state index is -0.358. The summed E-state index contributed by atoms with van der Waals surface area (Å²) >= 11 is 0. The molecule has 0 aromatic heterocycles. The Hall–Kier alpha value is -2.28. The molecule has 0 spiro atoms. The lowest BCUT2D eigenvalue weighted by molar-refractivity contribution is -0.110. The van der Waals surface area contributed by atoms with Crippen molar-refractivity contribution in [3.8, 4) is 11.8 Å². The summed E-state index contributed by atoms with van der Waals surface area (Å²) in [5.74, 6) is -0.356. The Labute approximate surface area is 80.1 Å². The average molecular weight is 186 g/mol. The number of hydrogen-bond acceptors (Lipinski definition) is 3. The van der Waals surface area contributed by atoms with Crippen LogP contribution in [0.4, 0.5) is 5.69 Å². The van der Waals surface area contributed by atoms with Crippen molar-refractivity contribution in [1.29, 1.82) is 5.26 Å². The van der Waals surface area contributed by atoms with Gasteiger partial charge in [-0.1, -0.05) is 6.07 Å². The predicted octanol–water partition coefficient (Wildman–Crippen LogP) is 1.25. The predicted molar refractivity (Wildman–Crippen MR) is 50.3 cm³/mol. The minimum Gasteiger partial charge on any atom is -0.507 e. The zero-order chi connectivity index (χ0) is 10.1. The lowest BCUT2D eigenvalue weighted by Gasteiger charge is -1.99. The number of hydrogen-bond donors (Lipinski definition) is 2. The summed E-state index contributed by atoms with van der Waals surface area (Å²) in [7, 11) is 0. The van der Waals surface area contributed by atoms with Gasteiger partial charge in [-0.25, -0.2) is 0 Å². The van der Waals surface area contributed by atoms with E-state index in [0.717, 1.165) is 6.08 Å². The highest BCUT2D eigenvalue weighted by Crippen LogP contribution is 2.37. The van der Waals surface area contributed by atoms with Gasteiger partial charge in [-0.3, -0.25) is 4.79 Å². The van der Waals surface area contributed by atoms with Crippen LogP contribution < -0.4 is 5.32 Å². The molecule has 1 heterocycles. The van der Waals surface area contributed by atoms with E-state index < -0.39 is 0 Å². The van der Waals surface area contributed by atoms with E-state index in [-0.39, 0.29) is 17.2 Å². The van der Waals surface area contributed by atoms with Crippen molar-refractivity contribution in [2.75, 3.05) is 5.32 Å². The van der Waals surface area contributed by atoms with Crippen molar-refractivity contribution < 1.29 is 9.90 Å². The second kappa shape index (κ2) is 2.89. The Kier molecular flexibility index (Phi) is 1.72. The van der Waals surface area contributed by atoms with Crippen LogP contribution in [0.2, 0.25) is 0 Å². The number of carbonyl (C=O) groups is 1. The van der Waals surface area contributed by atoms with Gasteiger partial charge in [0, 0.05) is 6.08 Å². The van der Waals surface area contributed by atoms with Crippen LogP contribution in [0, 0.1) is 11.3 Å². The molecule has 0 saturated heterocycles. The van der Waals surface area contributed by atoms with Crippen LogP contribution in [-0.2, 0) is 4.79 Å². The van der Waals surface area contributed by atoms with Gasteiger partial charge < -0.3 is 10.4 Å². The lowest BCUT2D eigenvalue weighted by atomic mass is 10.1. The molecule has 0 atom stereocenters. The van der Waals surface area contributed by atoms with Gasteiger partial charge in [0.1, 0.15) is 5.75 Å². The van der Waals surface area contributed by atoms with Crippen molar-refractivity contribution >= 4 is 17.2 Å². The third kappa shape index (κ3) is 1.04. The molecule has 1 amide bonds. The molecule has 14 heavy (non-hydrogen) atoms. The van der Waals surface area contributed by atoms with Crippen molar-refractivity contribution in [1.82, 2.24) is 0 Å². The Balaban J connectivity index is 2.69. The molecule has 0 saturated carbocycles. The number of phenolic OH excluding ortho intramolecular Hbond substituents is 1. The Morgan fingerprint density at radius 1 is 1.50 bits per heavy atom. The molecule has 0 aliphatic carbocycles. The molecule has 1 aliphatic heterocycles. The first-order valence-corrected chi connectivity index (χ1v) is 3.97. The molecule has 2 N–H and O–H groups in total. The normalized spacial score (nSPS) is 16.2. The number of nitrogens with one attached hydrogen (secondary N) is 1. The first-order valence-electron chi connectivity index (χ1n) is 3.97. The molecule has 1 aromatic carbocycles. The maximum atomic E-state index is 11.3. The topological polar surface area (TPSA) is 73.1 Å². The van der Waals surface area contributed by atoms with Crippen molar-refractivity contribution in [3.63, 3.8) is 0 Å². The Morgan fingerprint density at radius 2 is 2.29 bits per heavy atom. The fourth-order valence-corrected chi connectivity index (χ4v) is 1.43. The van der Waals surface area contributed by atoms with Crippen LogP contribution >= 0.6 is 0 Å². The number of rotatable bonds is 0. The fraction of sp³-hybridized carbons (Fsp3) is 0. The number of benzene rings is 1. The van der Waals surface area contributed by atoms with Crippen LogP contribution in [0.3, 0.4) is 0 Å². The zero-order valence-electron chi connectivity index (χ0n) is 7.11. The molecule has 1 aliphatic rings. The van der Waals surface area contributed by atoms with Gasteiger partial charge in [0.2, 0.25) is 0 Å². The highest BCUT2D eigenvalue weighted by molar-refractivity contribution is 6.32. The van der Waals surface area contributed by atoms with E-state index in [4.69, 9.17) is 5.26 Å². The van der Waals surface area contributed by atoms with Gasteiger partial charge in [-0.15, -0.1) is 0 Å². The number of anilines is 1. The first-order chi connectivity index (χ1) is 6.74. The second-order valence-corrected chi connectivity index (χ2v) is 2.84. The molecule has 0 bridgehead atoms. The summed E-state index contributed by atoms with van der Waals surface area (Å²) in [6, 6.07) is 6.55. The Bertz CT molecular complexity index is 483. The minimum absolute atomic E-state index is 0.00218. The van der Waals surface area contributed by atoms with Crippen LogP contribution in [-0.4, -0.2) is 11.0 Å². The van der Waals surface area contributed by atoms with E-state index in [2.05, 4.69) is 5.32 Å². The number of nitrogens with zero attached hydrogens (tertiary/aromatic N) is 1. The molecule has 0 radical (unpaired) electrons. The number of fused-ring (bicyclic) bond motifs is 1. The number of aromatic hydroxyl groups is 1.